The van der Waals surface area contributed by atoms with E-state index in [1.54, 1.807) is 14.2 Å². The van der Waals surface area contributed by atoms with E-state index in [-0.39, 0.29) is 11.3 Å². The minimum Gasteiger partial charge on any atom is -0.507 e. The first-order valence-electron chi connectivity index (χ1n) is 13.2. The van der Waals surface area contributed by atoms with Gasteiger partial charge >= 0.3 is 5.97 Å². The summed E-state index contributed by atoms with van der Waals surface area (Å²) in [5.74, 6) is 0.316. The molecule has 1 aliphatic carbocycles. The first kappa shape index (κ1) is 27.0. The quantitative estimate of drug-likeness (QED) is 0.125. The smallest absolute Gasteiger partial charge is 0.339 e. The monoisotopic (exact) mass is 575 g/mol. The van der Waals surface area contributed by atoms with Gasteiger partial charge in [-0.05, 0) is 65.9 Å². The van der Waals surface area contributed by atoms with Gasteiger partial charge in [0.2, 0.25) is 0 Å². The number of pyridine rings is 1. The molecule has 6 rings (SSSR count). The molecule has 0 saturated heterocycles. The molecule has 0 spiro atoms. The van der Waals surface area contributed by atoms with Crippen LogP contribution in [-0.4, -0.2) is 41.9 Å². The van der Waals surface area contributed by atoms with Crippen LogP contribution in [0.15, 0.2) is 72.5 Å². The van der Waals surface area contributed by atoms with Crippen LogP contribution in [0.4, 0.5) is 0 Å². The number of rotatable bonds is 7. The van der Waals surface area contributed by atoms with Gasteiger partial charge in [0.25, 0.3) is 0 Å². The lowest BCUT2D eigenvalue weighted by Crippen LogP contribution is -2.13. The Bertz CT molecular complexity index is 1940. The zero-order valence-corrected chi connectivity index (χ0v) is 23.7. The summed E-state index contributed by atoms with van der Waals surface area (Å²) >= 11 is 1.29. The molecule has 0 aliphatic heterocycles. The number of allylic oxidation sites excluding steroid dienone is 2. The van der Waals surface area contributed by atoms with E-state index in [4.69, 9.17) is 19.2 Å². The summed E-state index contributed by atoms with van der Waals surface area (Å²) in [5, 5.41) is 21.6. The van der Waals surface area contributed by atoms with Crippen molar-refractivity contribution in [2.45, 2.75) is 12.8 Å². The van der Waals surface area contributed by atoms with Crippen molar-refractivity contribution in [1.29, 1.82) is 5.26 Å². The molecular formula is C33H25N3O5S. The molecule has 9 heteroatoms. The van der Waals surface area contributed by atoms with E-state index in [2.05, 4.69) is 4.98 Å². The van der Waals surface area contributed by atoms with E-state index >= 15 is 0 Å². The Morgan fingerprint density at radius 1 is 1.00 bits per heavy atom. The molecule has 8 nitrogen and oxygen atoms in total. The summed E-state index contributed by atoms with van der Waals surface area (Å²) in [7, 11) is 3.19. The van der Waals surface area contributed by atoms with Gasteiger partial charge in [-0.15, -0.1) is 11.3 Å². The van der Waals surface area contributed by atoms with Gasteiger partial charge in [-0.3, -0.25) is 0 Å². The average molecular weight is 576 g/mol. The van der Waals surface area contributed by atoms with Crippen LogP contribution < -0.4 is 9.47 Å². The summed E-state index contributed by atoms with van der Waals surface area (Å²) in [6.07, 6.45) is 3.33. The second kappa shape index (κ2) is 11.4. The van der Waals surface area contributed by atoms with Crippen LogP contribution in [0.5, 0.6) is 11.5 Å². The Balaban J connectivity index is 1.34. The summed E-state index contributed by atoms with van der Waals surface area (Å²) in [6, 6.07) is 22.6. The van der Waals surface area contributed by atoms with Crippen LogP contribution >= 0.6 is 11.3 Å². The number of methoxy groups -OCH3 is 2. The van der Waals surface area contributed by atoms with Crippen LogP contribution in [-0.2, 0) is 11.2 Å². The van der Waals surface area contributed by atoms with Crippen LogP contribution in [0.3, 0.4) is 0 Å². The largest absolute Gasteiger partial charge is 0.507 e. The van der Waals surface area contributed by atoms with Crippen LogP contribution in [0.1, 0.15) is 38.6 Å². The molecule has 208 valence electrons. The third-order valence-corrected chi connectivity index (χ3v) is 8.20. The van der Waals surface area contributed by atoms with Gasteiger partial charge in [0.1, 0.15) is 23.3 Å². The van der Waals surface area contributed by atoms with Crippen LogP contribution in [0.2, 0.25) is 0 Å². The van der Waals surface area contributed by atoms with Gasteiger partial charge in [0.15, 0.2) is 17.3 Å². The van der Waals surface area contributed by atoms with Crippen LogP contribution in [0, 0.1) is 11.3 Å². The molecule has 0 bridgehead atoms. The lowest BCUT2D eigenvalue weighted by Gasteiger charge is -2.13. The molecule has 42 heavy (non-hydrogen) atoms. The third kappa shape index (κ3) is 4.93. The molecular weight excluding hydrogens is 550 g/mol. The number of hydrogen-bond donors (Lipinski definition) is 1. The second-order valence-electron chi connectivity index (χ2n) is 9.61. The Morgan fingerprint density at radius 3 is 2.52 bits per heavy atom. The van der Waals surface area contributed by atoms with E-state index in [0.29, 0.717) is 45.8 Å². The molecule has 2 heterocycles. The Morgan fingerprint density at radius 2 is 1.76 bits per heavy atom. The van der Waals surface area contributed by atoms with E-state index in [1.807, 2.05) is 78.9 Å². The maximum absolute atomic E-state index is 13.6. The second-order valence-corrected chi connectivity index (χ2v) is 10.6. The molecule has 0 radical (unpaired) electrons. The van der Waals surface area contributed by atoms with E-state index in [0.717, 1.165) is 32.6 Å². The number of aliphatic hydroxyl groups is 1. The van der Waals surface area contributed by atoms with E-state index in [1.165, 1.54) is 11.3 Å². The number of carbonyl (C=O) groups is 1. The highest BCUT2D eigenvalue weighted by atomic mass is 32.1. The number of esters is 1. The minimum absolute atomic E-state index is 0.0195. The fraction of sp³-hybridized carbons (Fsp3) is 0.152. The standard InChI is InChI=1S/C33H25N3O5S/c1-39-27-14-11-19(16-28(27)40-2)15-20-12-13-22-30(21-7-3-4-8-24(21)35-31(20)22)33(38)41-18-26(37)23(17-34)32-36-25-9-5-6-10-29(25)42-32/h3-11,14-16,37H,12-13,18H2,1-2H3/b20-15+,26-23?. The summed E-state index contributed by atoms with van der Waals surface area (Å²) in [5.41, 5.74) is 5.22. The number of aliphatic hydroxyl groups excluding tert-OH is 1. The Hall–Kier alpha value is -5.20. The zero-order valence-electron chi connectivity index (χ0n) is 22.9. The first-order valence-corrected chi connectivity index (χ1v) is 14.0. The molecule has 1 N–H and O–H groups in total. The number of nitriles is 1. The Kier molecular flexibility index (Phi) is 7.30. The number of hydrogen-bond acceptors (Lipinski definition) is 9. The fourth-order valence-electron chi connectivity index (χ4n) is 5.15. The van der Waals surface area contributed by atoms with E-state index < -0.39 is 12.6 Å². The number of carbonyl (C=O) groups excluding carboxylic acids is 1. The molecule has 2 aromatic heterocycles. The van der Waals surface area contributed by atoms with Crippen molar-refractivity contribution in [3.63, 3.8) is 0 Å². The van der Waals surface area contributed by atoms with Crippen molar-refractivity contribution in [2.75, 3.05) is 20.8 Å². The third-order valence-electron chi connectivity index (χ3n) is 7.14. The molecule has 0 atom stereocenters. The minimum atomic E-state index is -0.592. The maximum atomic E-state index is 13.6. The van der Waals surface area contributed by atoms with Gasteiger partial charge < -0.3 is 19.3 Å². The number of thiazole rings is 1. The van der Waals surface area contributed by atoms with Gasteiger partial charge in [-0.2, -0.15) is 5.26 Å². The molecule has 3 aromatic carbocycles. The number of ether oxygens (including phenoxy) is 3. The lowest BCUT2D eigenvalue weighted by atomic mass is 10.0. The number of para-hydroxylation sites is 2. The molecule has 0 fully saturated rings. The van der Waals surface area contributed by atoms with Crippen LogP contribution in [0.25, 0.3) is 38.3 Å². The summed E-state index contributed by atoms with van der Waals surface area (Å²) in [6.45, 7) is -0.461. The number of aromatic nitrogens is 2. The first-order chi connectivity index (χ1) is 20.5. The normalized spacial score (nSPS) is 14.0. The highest BCUT2D eigenvalue weighted by Gasteiger charge is 2.28. The molecule has 0 unspecified atom stereocenters. The maximum Gasteiger partial charge on any atom is 0.339 e. The predicted molar refractivity (Wildman–Crippen MR) is 163 cm³/mol. The topological polar surface area (TPSA) is 115 Å². The average Bonchev–Trinajstić information content (AvgIpc) is 3.62. The molecule has 0 saturated carbocycles. The highest BCUT2D eigenvalue weighted by Crippen LogP contribution is 2.39. The van der Waals surface area contributed by atoms with Crippen molar-refractivity contribution < 1.29 is 24.1 Å². The van der Waals surface area contributed by atoms with Gasteiger partial charge in [0.05, 0.1) is 41.2 Å². The fourth-order valence-corrected chi connectivity index (χ4v) is 6.13. The van der Waals surface area contributed by atoms with Crippen molar-refractivity contribution in [2.24, 2.45) is 0 Å². The highest BCUT2D eigenvalue weighted by molar-refractivity contribution is 7.19. The Labute approximate surface area is 245 Å². The van der Waals surface area contributed by atoms with Crippen molar-refractivity contribution >= 4 is 55.6 Å². The van der Waals surface area contributed by atoms with Gasteiger partial charge in [-0.1, -0.05) is 36.4 Å². The van der Waals surface area contributed by atoms with E-state index in [9.17, 15) is 15.2 Å². The van der Waals surface area contributed by atoms with Crippen molar-refractivity contribution in [1.82, 2.24) is 9.97 Å². The van der Waals surface area contributed by atoms with Gasteiger partial charge in [-0.25, -0.2) is 14.8 Å². The summed E-state index contributed by atoms with van der Waals surface area (Å²) < 4.78 is 17.3. The van der Waals surface area contributed by atoms with Crippen molar-refractivity contribution in [3.8, 4) is 17.6 Å². The molecule has 0 amide bonds. The van der Waals surface area contributed by atoms with Crippen molar-refractivity contribution in [3.05, 3.63) is 99.9 Å². The van der Waals surface area contributed by atoms with Gasteiger partial charge in [0, 0.05) is 5.39 Å². The lowest BCUT2D eigenvalue weighted by molar-refractivity contribution is 0.0504. The predicted octanol–water partition coefficient (Wildman–Crippen LogP) is 7.00. The zero-order chi connectivity index (χ0) is 29.2. The SMILES string of the molecule is COc1ccc(/C=C2\CCc3c2nc2ccccc2c3C(=O)OCC(O)=C(C#N)c2nc3ccccc3s2)cc1OC. The number of nitrogens with zero attached hydrogens (tertiary/aromatic N) is 3. The number of benzene rings is 3. The number of fused-ring (bicyclic) bond motifs is 3. The molecule has 1 aliphatic rings. The molecule has 5 aromatic rings. The summed E-state index contributed by atoms with van der Waals surface area (Å²) in [4.78, 5) is 23.0.